The van der Waals surface area contributed by atoms with E-state index in [9.17, 15) is 13.4 Å². The molecule has 1 unspecified atom stereocenters. The molecule has 3 rings (SSSR count). The second-order valence-corrected chi connectivity index (χ2v) is 11.1. The van der Waals surface area contributed by atoms with Crippen LogP contribution in [0.3, 0.4) is 0 Å². The zero-order valence-electron chi connectivity index (χ0n) is 16.1. The highest BCUT2D eigenvalue weighted by atomic mass is 32.2. The van der Waals surface area contributed by atoms with Gasteiger partial charge in [-0.1, -0.05) is 6.07 Å². The van der Waals surface area contributed by atoms with E-state index in [2.05, 4.69) is 10.9 Å². The van der Waals surface area contributed by atoms with Crippen molar-refractivity contribution in [1.82, 2.24) is 0 Å². The molecule has 0 aromatic heterocycles. The van der Waals surface area contributed by atoms with Crippen molar-refractivity contribution < 1.29 is 18.1 Å². The van der Waals surface area contributed by atoms with Gasteiger partial charge in [0.25, 0.3) is 0 Å². The predicted octanol–water partition coefficient (Wildman–Crippen LogP) is 2.20. The quantitative estimate of drug-likeness (QED) is 0.794. The number of ketones is 1. The van der Waals surface area contributed by atoms with E-state index >= 15 is 0 Å². The number of aliphatic imine (C=N–C) groups is 1. The number of halogens is 1. The van der Waals surface area contributed by atoms with Crippen molar-refractivity contribution in [2.75, 3.05) is 12.4 Å². The summed E-state index contributed by atoms with van der Waals surface area (Å²) < 4.78 is 32.4. The number of hydrogen-bond acceptors (Lipinski definition) is 5. The van der Waals surface area contributed by atoms with Crippen molar-refractivity contribution in [3.63, 3.8) is 0 Å². The molecule has 1 aromatic carbocycles. The van der Waals surface area contributed by atoms with Crippen molar-refractivity contribution in [2.45, 2.75) is 56.4 Å². The Bertz CT molecular complexity index is 902. The fourth-order valence-electron chi connectivity index (χ4n) is 3.64. The minimum Gasteiger partial charge on any atom is -0.386 e. The van der Waals surface area contributed by atoms with Crippen LogP contribution in [0.1, 0.15) is 44.7 Å². The predicted molar refractivity (Wildman–Crippen MR) is 107 cm³/mol. The van der Waals surface area contributed by atoms with Gasteiger partial charge in [0.05, 0.1) is 10.3 Å². The second kappa shape index (κ2) is 6.71. The molecule has 0 aliphatic carbocycles. The number of carbonyl (C=O) groups is 1. The summed E-state index contributed by atoms with van der Waals surface area (Å²) in [7, 11) is -2.64. The fraction of sp³-hybridized carbons (Fsp3) is 0.550. The van der Waals surface area contributed by atoms with Crippen LogP contribution < -0.4 is 5.73 Å². The molecule has 2 aliphatic heterocycles. The first-order valence-electron chi connectivity index (χ1n) is 9.10. The highest BCUT2D eigenvalue weighted by Crippen LogP contribution is 2.38. The molecule has 5 nitrogen and oxygen atoms in total. The third-order valence-corrected chi connectivity index (χ3v) is 8.80. The van der Waals surface area contributed by atoms with Crippen molar-refractivity contribution in [1.29, 1.82) is 0 Å². The van der Waals surface area contributed by atoms with Gasteiger partial charge in [-0.05, 0) is 66.7 Å². The maximum absolute atomic E-state index is 14.7. The lowest BCUT2D eigenvalue weighted by atomic mass is 9.90. The molecule has 0 radical (unpaired) electrons. The molecule has 1 aromatic rings. The van der Waals surface area contributed by atoms with E-state index in [4.69, 9.17) is 10.5 Å². The third kappa shape index (κ3) is 3.55. The number of amidine groups is 1. The van der Waals surface area contributed by atoms with Crippen LogP contribution >= 0.6 is 0 Å². The number of nitrogens with zero attached hydrogens (tertiary/aromatic N) is 1. The van der Waals surface area contributed by atoms with Gasteiger partial charge in [-0.3, -0.25) is 14.0 Å². The average molecular weight is 395 g/mol. The topological polar surface area (TPSA) is 81.8 Å². The molecular weight excluding hydrogens is 367 g/mol. The second-order valence-electron chi connectivity index (χ2n) is 8.20. The lowest BCUT2D eigenvalue weighted by Crippen LogP contribution is -2.54. The first-order chi connectivity index (χ1) is 12.5. The molecule has 3 atom stereocenters. The number of hydrogen-bond donors (Lipinski definition) is 1. The highest BCUT2D eigenvalue weighted by Gasteiger charge is 2.45. The molecule has 0 bridgehead atoms. The maximum atomic E-state index is 14.7. The van der Waals surface area contributed by atoms with Gasteiger partial charge in [0, 0.05) is 24.3 Å². The number of ether oxygens (including phenoxy) is 1. The largest absolute Gasteiger partial charge is 0.386 e. The molecule has 148 valence electrons. The van der Waals surface area contributed by atoms with Crippen molar-refractivity contribution in [2.24, 2.45) is 10.7 Å². The Morgan fingerprint density at radius 3 is 2.74 bits per heavy atom. The number of Topliss-reactive ketones (excluding diaryl/α,β-unsaturated/α-hetero) is 1. The summed E-state index contributed by atoms with van der Waals surface area (Å²) in [6.45, 7) is 5.80. The van der Waals surface area contributed by atoms with E-state index in [1.807, 2.05) is 0 Å². The van der Waals surface area contributed by atoms with Gasteiger partial charge in [0.1, 0.15) is 17.8 Å². The molecule has 27 heavy (non-hydrogen) atoms. The molecule has 7 heteroatoms. The van der Waals surface area contributed by atoms with Crippen LogP contribution in [0.5, 0.6) is 0 Å². The van der Waals surface area contributed by atoms with Gasteiger partial charge < -0.3 is 10.5 Å². The first kappa shape index (κ1) is 20.0. The normalized spacial score (nSPS) is 32.9. The molecule has 1 fully saturated rings. The van der Waals surface area contributed by atoms with Gasteiger partial charge >= 0.3 is 0 Å². The number of benzene rings is 1. The lowest BCUT2D eigenvalue weighted by Gasteiger charge is -2.41. The summed E-state index contributed by atoms with van der Waals surface area (Å²) in [5, 5.41) is 0. The Kier molecular flexibility index (Phi) is 4.97. The average Bonchev–Trinajstić information content (AvgIpc) is 3.09. The summed E-state index contributed by atoms with van der Waals surface area (Å²) in [6, 6.07) is 4.55. The van der Waals surface area contributed by atoms with Crippen LogP contribution in [0.25, 0.3) is 0 Å². The van der Waals surface area contributed by atoms with Crippen LogP contribution in [-0.4, -0.2) is 44.9 Å². The summed E-state index contributed by atoms with van der Waals surface area (Å²) >= 11 is 0. The Hall–Kier alpha value is -1.73. The molecule has 1 saturated heterocycles. The molecular formula is C20H27FN2O3S. The molecule has 2 aliphatic rings. The number of carbonyl (C=O) groups excluding carboxylic acids is 1. The first-order valence-corrected chi connectivity index (χ1v) is 11.0. The van der Waals surface area contributed by atoms with E-state index < -0.39 is 25.6 Å². The van der Waals surface area contributed by atoms with Crippen LogP contribution in [0.2, 0.25) is 0 Å². The van der Waals surface area contributed by atoms with Crippen molar-refractivity contribution >= 4 is 27.0 Å². The minimum atomic E-state index is -2.64. The van der Waals surface area contributed by atoms with Gasteiger partial charge in [-0.25, -0.2) is 4.39 Å². The van der Waals surface area contributed by atoms with E-state index in [1.54, 1.807) is 32.9 Å². The third-order valence-electron chi connectivity index (χ3n) is 5.71. The summed E-state index contributed by atoms with van der Waals surface area (Å²) in [5.74, 6) is 3.71. The molecule has 0 saturated carbocycles. The number of rotatable bonds is 4. The maximum Gasteiger partial charge on any atom is 0.165 e. The highest BCUT2D eigenvalue weighted by molar-refractivity contribution is 8.02. The molecule has 0 spiro atoms. The van der Waals surface area contributed by atoms with Crippen molar-refractivity contribution in [3.8, 4) is 0 Å². The smallest absolute Gasteiger partial charge is 0.165 e. The van der Waals surface area contributed by atoms with Crippen LogP contribution in [0.4, 0.5) is 4.39 Å². The van der Waals surface area contributed by atoms with E-state index in [1.165, 1.54) is 6.07 Å². The van der Waals surface area contributed by atoms with Crippen LogP contribution in [0.15, 0.2) is 23.2 Å². The molecule has 0 amide bonds. The number of nitrogens with two attached hydrogens (primary N) is 1. The summed E-state index contributed by atoms with van der Waals surface area (Å²) in [4.78, 5) is 16.9. The van der Waals surface area contributed by atoms with E-state index in [-0.39, 0.29) is 35.5 Å². The van der Waals surface area contributed by atoms with Crippen LogP contribution in [-0.2, 0) is 31.0 Å². The summed E-state index contributed by atoms with van der Waals surface area (Å²) in [5.41, 5.74) is 5.97. The SMILES string of the molecule is C=S1(=O)C[C@@](C)(c2cc(CC(=O)[C@H]3CCCO3)ccc2F)N=C(N)C1(C)C. The summed E-state index contributed by atoms with van der Waals surface area (Å²) in [6.07, 6.45) is 1.39. The Morgan fingerprint density at radius 2 is 2.15 bits per heavy atom. The van der Waals surface area contributed by atoms with Gasteiger partial charge in [0.15, 0.2) is 5.78 Å². The standard InChI is InChI=1S/C20H27FN2O3S/c1-19(2)18(22)23-20(3,12-27(19,4)25)14-10-13(7-8-15(14)21)11-16(24)17-6-5-9-26-17/h7-8,10,17H,4-6,9,11-12H2,1-3H3,(H2,22,23)/t17-,20+,27?/m1/s1. The minimum absolute atomic E-state index is 0.0102. The Balaban J connectivity index is 1.97. The van der Waals surface area contributed by atoms with Gasteiger partial charge in [-0.2, -0.15) is 0 Å². The molecule has 2 heterocycles. The molecule has 2 N–H and O–H groups in total. The van der Waals surface area contributed by atoms with Gasteiger partial charge in [-0.15, -0.1) is 0 Å². The van der Waals surface area contributed by atoms with Gasteiger partial charge in [0.2, 0.25) is 0 Å². The Labute approximate surface area is 160 Å². The van der Waals surface area contributed by atoms with Crippen molar-refractivity contribution in [3.05, 3.63) is 35.1 Å². The zero-order chi connectivity index (χ0) is 20.0. The van der Waals surface area contributed by atoms with E-state index in [0.29, 0.717) is 12.2 Å². The fourth-order valence-corrected chi connectivity index (χ4v) is 5.55. The monoisotopic (exact) mass is 394 g/mol. The zero-order valence-corrected chi connectivity index (χ0v) is 16.9. The lowest BCUT2D eigenvalue weighted by molar-refractivity contribution is -0.127. The van der Waals surface area contributed by atoms with Crippen LogP contribution in [0, 0.1) is 5.82 Å². The Morgan fingerprint density at radius 1 is 1.44 bits per heavy atom. The van der Waals surface area contributed by atoms with E-state index in [0.717, 1.165) is 12.8 Å².